The normalized spacial score (nSPS) is 24.1. The van der Waals surface area contributed by atoms with Gasteiger partial charge in [0.1, 0.15) is 18.1 Å². The van der Waals surface area contributed by atoms with Gasteiger partial charge in [0.15, 0.2) is 0 Å². The number of likely N-dealkylation sites (tertiary alicyclic amines) is 1. The molecule has 2 aromatic carbocycles. The fraction of sp³-hybridized carbons (Fsp3) is 0.467. The first-order valence-electron chi connectivity index (χ1n) is 13.0. The van der Waals surface area contributed by atoms with Gasteiger partial charge in [0, 0.05) is 19.1 Å². The van der Waals surface area contributed by atoms with Gasteiger partial charge in [-0.05, 0) is 98.1 Å². The van der Waals surface area contributed by atoms with Crippen molar-refractivity contribution in [2.75, 3.05) is 32.8 Å². The van der Waals surface area contributed by atoms with Crippen LogP contribution in [0.15, 0.2) is 66.8 Å². The maximum absolute atomic E-state index is 9.85. The third kappa shape index (κ3) is 5.39. The molecular weight excluding hydrogens is 420 g/mol. The summed E-state index contributed by atoms with van der Waals surface area (Å²) in [6.07, 6.45) is 13.9. The summed E-state index contributed by atoms with van der Waals surface area (Å²) in [5, 5.41) is 9.85. The van der Waals surface area contributed by atoms with Crippen molar-refractivity contribution in [3.63, 3.8) is 0 Å². The highest BCUT2D eigenvalue weighted by atomic mass is 16.5. The Morgan fingerprint density at radius 3 is 2.62 bits per heavy atom. The zero-order valence-corrected chi connectivity index (χ0v) is 20.4. The molecule has 0 amide bonds. The molecule has 2 aromatic rings. The first-order valence-corrected chi connectivity index (χ1v) is 13.0. The standard InChI is InChI=1S/C30H38N2O2/c1-2-32(22-23-8-14-28(15-9-23)34-19-18-31-16-5-17-31)30-7-4-3-6-29(30)26-11-10-25-21-27(33)13-12-24(25)20-26/h3-4,6-9,12-15,21,26,29-30,33H,2,5,10-11,16-20,22H2,1H3/t26-,29?,30?/m1/s1. The van der Waals surface area contributed by atoms with Gasteiger partial charge in [-0.1, -0.05) is 49.4 Å². The van der Waals surface area contributed by atoms with E-state index in [1.165, 1.54) is 42.6 Å². The van der Waals surface area contributed by atoms with Crippen LogP contribution in [0.4, 0.5) is 0 Å². The average molecular weight is 459 g/mol. The highest BCUT2D eigenvalue weighted by Gasteiger charge is 2.33. The molecule has 2 unspecified atom stereocenters. The number of aromatic hydroxyl groups is 1. The van der Waals surface area contributed by atoms with Crippen molar-refractivity contribution in [2.45, 2.75) is 45.2 Å². The number of phenolic OH excluding ortho intramolecular Hbond substituents is 1. The van der Waals surface area contributed by atoms with Gasteiger partial charge in [-0.15, -0.1) is 0 Å². The summed E-state index contributed by atoms with van der Waals surface area (Å²) in [6, 6.07) is 15.0. The molecule has 1 saturated heterocycles. The summed E-state index contributed by atoms with van der Waals surface area (Å²) in [7, 11) is 0. The topological polar surface area (TPSA) is 35.9 Å². The second-order valence-corrected chi connectivity index (χ2v) is 10.0. The number of aryl methyl sites for hydroxylation is 1. The van der Waals surface area contributed by atoms with E-state index in [9.17, 15) is 5.11 Å². The molecule has 4 nitrogen and oxygen atoms in total. The minimum Gasteiger partial charge on any atom is -0.508 e. The molecule has 34 heavy (non-hydrogen) atoms. The van der Waals surface area contributed by atoms with Crippen LogP contribution in [0, 0.1) is 11.8 Å². The number of hydrogen-bond acceptors (Lipinski definition) is 4. The number of allylic oxidation sites excluding steroid dienone is 2. The van der Waals surface area contributed by atoms with Crippen LogP contribution < -0.4 is 4.74 Å². The van der Waals surface area contributed by atoms with Crippen LogP contribution in [0.5, 0.6) is 11.5 Å². The average Bonchev–Trinajstić information content (AvgIpc) is 2.84. The summed E-state index contributed by atoms with van der Waals surface area (Å²) in [4.78, 5) is 5.04. The first-order chi connectivity index (χ1) is 16.7. The SMILES string of the molecule is CCN(Cc1ccc(OCCN2CCC2)cc1)C1C=CC=CC1[C@@H]1CCc2cc(O)ccc2C1. The lowest BCUT2D eigenvalue weighted by molar-refractivity contribution is 0.147. The zero-order valence-electron chi connectivity index (χ0n) is 20.4. The molecule has 1 N–H and O–H groups in total. The van der Waals surface area contributed by atoms with Gasteiger partial charge in [-0.25, -0.2) is 0 Å². The van der Waals surface area contributed by atoms with Crippen molar-refractivity contribution in [1.82, 2.24) is 9.80 Å². The van der Waals surface area contributed by atoms with E-state index >= 15 is 0 Å². The number of hydrogen-bond donors (Lipinski definition) is 1. The van der Waals surface area contributed by atoms with Crippen LogP contribution >= 0.6 is 0 Å². The minimum absolute atomic E-state index is 0.389. The van der Waals surface area contributed by atoms with Gasteiger partial charge in [0.25, 0.3) is 0 Å². The number of nitrogens with zero attached hydrogens (tertiary/aromatic N) is 2. The number of fused-ring (bicyclic) bond motifs is 1. The molecule has 1 heterocycles. The molecule has 0 saturated carbocycles. The molecule has 2 aliphatic carbocycles. The molecule has 180 valence electrons. The Balaban J connectivity index is 1.21. The van der Waals surface area contributed by atoms with E-state index in [-0.39, 0.29) is 0 Å². The Labute approximate surface area is 204 Å². The van der Waals surface area contributed by atoms with Gasteiger partial charge < -0.3 is 9.84 Å². The highest BCUT2D eigenvalue weighted by Crippen LogP contribution is 2.37. The zero-order chi connectivity index (χ0) is 23.3. The molecule has 4 heteroatoms. The Hall–Kier alpha value is -2.56. The van der Waals surface area contributed by atoms with E-state index in [1.54, 1.807) is 0 Å². The van der Waals surface area contributed by atoms with Crippen LogP contribution in [-0.4, -0.2) is 53.7 Å². The van der Waals surface area contributed by atoms with Crippen molar-refractivity contribution in [2.24, 2.45) is 11.8 Å². The van der Waals surface area contributed by atoms with E-state index in [4.69, 9.17) is 4.74 Å². The minimum atomic E-state index is 0.389. The van der Waals surface area contributed by atoms with Crippen molar-refractivity contribution < 1.29 is 9.84 Å². The molecule has 1 aliphatic heterocycles. The Bertz CT molecular complexity index is 1010. The molecule has 1 fully saturated rings. The van der Waals surface area contributed by atoms with Gasteiger partial charge in [-0.2, -0.15) is 0 Å². The Morgan fingerprint density at radius 1 is 1.03 bits per heavy atom. The third-order valence-corrected chi connectivity index (χ3v) is 7.91. The van der Waals surface area contributed by atoms with Gasteiger partial charge >= 0.3 is 0 Å². The summed E-state index contributed by atoms with van der Waals surface area (Å²) in [5.74, 6) is 2.49. The summed E-state index contributed by atoms with van der Waals surface area (Å²) >= 11 is 0. The van der Waals surface area contributed by atoms with Crippen LogP contribution in [0.25, 0.3) is 0 Å². The maximum Gasteiger partial charge on any atom is 0.119 e. The first kappa shape index (κ1) is 23.2. The molecule has 3 aliphatic rings. The lowest BCUT2D eigenvalue weighted by atomic mass is 9.73. The third-order valence-electron chi connectivity index (χ3n) is 7.91. The molecule has 5 rings (SSSR count). The highest BCUT2D eigenvalue weighted by molar-refractivity contribution is 5.37. The van der Waals surface area contributed by atoms with Crippen LogP contribution in [0.3, 0.4) is 0 Å². The lowest BCUT2D eigenvalue weighted by Crippen LogP contribution is -2.43. The number of phenols is 1. The van der Waals surface area contributed by atoms with Crippen LogP contribution in [0.2, 0.25) is 0 Å². The van der Waals surface area contributed by atoms with E-state index in [0.717, 1.165) is 44.8 Å². The molecular formula is C30H38N2O2. The van der Waals surface area contributed by atoms with Gasteiger partial charge in [-0.3, -0.25) is 9.80 Å². The second-order valence-electron chi connectivity index (χ2n) is 10.0. The van der Waals surface area contributed by atoms with E-state index in [0.29, 0.717) is 23.6 Å². The largest absolute Gasteiger partial charge is 0.508 e. The van der Waals surface area contributed by atoms with E-state index < -0.39 is 0 Å². The molecule has 3 atom stereocenters. The van der Waals surface area contributed by atoms with Crippen molar-refractivity contribution in [3.05, 3.63) is 83.5 Å². The predicted molar refractivity (Wildman–Crippen MR) is 138 cm³/mol. The summed E-state index contributed by atoms with van der Waals surface area (Å²) in [5.41, 5.74) is 4.06. The second kappa shape index (κ2) is 10.8. The molecule has 0 radical (unpaired) electrons. The number of ether oxygens (including phenoxy) is 1. The van der Waals surface area contributed by atoms with Gasteiger partial charge in [0.2, 0.25) is 0 Å². The van der Waals surface area contributed by atoms with E-state index in [2.05, 4.69) is 71.4 Å². The van der Waals surface area contributed by atoms with Crippen molar-refractivity contribution in [1.29, 1.82) is 0 Å². The predicted octanol–water partition coefficient (Wildman–Crippen LogP) is 5.21. The Kier molecular flexibility index (Phi) is 7.36. The van der Waals surface area contributed by atoms with Crippen molar-refractivity contribution in [3.8, 4) is 11.5 Å². The smallest absolute Gasteiger partial charge is 0.119 e. The van der Waals surface area contributed by atoms with Crippen molar-refractivity contribution >= 4 is 0 Å². The maximum atomic E-state index is 9.85. The molecule has 0 aromatic heterocycles. The number of benzene rings is 2. The molecule has 0 bridgehead atoms. The van der Waals surface area contributed by atoms with Gasteiger partial charge in [0.05, 0.1) is 0 Å². The quantitative estimate of drug-likeness (QED) is 0.559. The lowest BCUT2D eigenvalue weighted by Gasteiger charge is -2.40. The monoisotopic (exact) mass is 458 g/mol. The fourth-order valence-electron chi connectivity index (χ4n) is 5.76. The van der Waals surface area contributed by atoms with Crippen LogP contribution in [0.1, 0.15) is 36.5 Å². The number of rotatable bonds is 9. The fourth-order valence-corrected chi connectivity index (χ4v) is 5.76. The summed E-state index contributed by atoms with van der Waals surface area (Å²) in [6.45, 7) is 8.48. The van der Waals surface area contributed by atoms with E-state index in [1.807, 2.05) is 12.1 Å². The Morgan fingerprint density at radius 2 is 1.85 bits per heavy atom. The summed E-state index contributed by atoms with van der Waals surface area (Å²) < 4.78 is 5.96. The molecule has 0 spiro atoms. The van der Waals surface area contributed by atoms with Crippen LogP contribution in [-0.2, 0) is 19.4 Å². The number of likely N-dealkylation sites (N-methyl/N-ethyl adjacent to an activating group) is 1.